The van der Waals surface area contributed by atoms with Gasteiger partial charge in [0.25, 0.3) is 0 Å². The summed E-state index contributed by atoms with van der Waals surface area (Å²) in [6.07, 6.45) is 2.02. The Bertz CT molecular complexity index is 783. The zero-order valence-corrected chi connectivity index (χ0v) is 18.3. The number of carbonyl (C=O) groups excluding carboxylic acids is 2. The number of methoxy groups -OCH3 is 2. The van der Waals surface area contributed by atoms with Crippen LogP contribution in [0.3, 0.4) is 0 Å². The molecule has 2 aromatic rings. The van der Waals surface area contributed by atoms with Crippen molar-refractivity contribution in [3.05, 3.63) is 29.5 Å². The lowest BCUT2D eigenvalue weighted by molar-refractivity contribution is -0.151. The highest BCUT2D eigenvalue weighted by molar-refractivity contribution is 8.26. The summed E-state index contributed by atoms with van der Waals surface area (Å²) < 4.78 is 18.5. The molecular formula is C15H18Cl4N2O5S. The van der Waals surface area contributed by atoms with Crippen LogP contribution in [0.15, 0.2) is 18.3 Å². The van der Waals surface area contributed by atoms with Gasteiger partial charge in [0.15, 0.2) is 0 Å². The van der Waals surface area contributed by atoms with Crippen molar-refractivity contribution in [2.24, 2.45) is 5.92 Å². The van der Waals surface area contributed by atoms with Gasteiger partial charge in [-0.05, 0) is 23.6 Å². The number of aromatic amines is 1. The predicted octanol–water partition coefficient (Wildman–Crippen LogP) is 3.66. The van der Waals surface area contributed by atoms with Gasteiger partial charge in [-0.2, -0.15) is 5.10 Å². The first-order valence-corrected chi connectivity index (χ1v) is 10.6. The van der Waals surface area contributed by atoms with Crippen LogP contribution in [0.2, 0.25) is 0 Å². The van der Waals surface area contributed by atoms with Crippen molar-refractivity contribution < 1.29 is 23.3 Å². The van der Waals surface area contributed by atoms with E-state index in [1.807, 2.05) is 12.1 Å². The van der Waals surface area contributed by atoms with Crippen LogP contribution in [-0.4, -0.2) is 40.6 Å². The van der Waals surface area contributed by atoms with Crippen molar-refractivity contribution in [1.82, 2.24) is 10.2 Å². The topological polar surface area (TPSA) is 98.4 Å². The van der Waals surface area contributed by atoms with E-state index in [4.69, 9.17) is 20.5 Å². The van der Waals surface area contributed by atoms with Crippen LogP contribution >= 0.6 is 45.4 Å². The summed E-state index contributed by atoms with van der Waals surface area (Å²) in [6.45, 7) is 0. The molecule has 0 aliphatic rings. The van der Waals surface area contributed by atoms with E-state index >= 15 is 0 Å². The van der Waals surface area contributed by atoms with Gasteiger partial charge in [-0.25, -0.2) is 4.21 Å². The van der Waals surface area contributed by atoms with E-state index in [1.54, 1.807) is 6.20 Å². The van der Waals surface area contributed by atoms with E-state index in [9.17, 15) is 9.59 Å². The van der Waals surface area contributed by atoms with Gasteiger partial charge in [0, 0.05) is 32.6 Å². The fourth-order valence-corrected chi connectivity index (χ4v) is 2.74. The molecule has 2 rings (SSSR count). The minimum atomic E-state index is -1.67. The van der Waals surface area contributed by atoms with E-state index in [2.05, 4.69) is 36.3 Å². The van der Waals surface area contributed by atoms with Crippen LogP contribution in [0, 0.1) is 5.92 Å². The summed E-state index contributed by atoms with van der Waals surface area (Å²) in [4.78, 5) is 23.4. The summed E-state index contributed by atoms with van der Waals surface area (Å²) in [5.74, 6) is -1.22. The fourth-order valence-electron chi connectivity index (χ4n) is 2.43. The molecule has 1 aromatic heterocycles. The normalized spacial score (nSPS) is 11.2. The van der Waals surface area contributed by atoms with E-state index in [0.717, 1.165) is 22.0 Å². The van der Waals surface area contributed by atoms with Gasteiger partial charge in [-0.3, -0.25) is 14.7 Å². The first-order chi connectivity index (χ1) is 12.3. The van der Waals surface area contributed by atoms with E-state index in [0.29, 0.717) is 12.3 Å². The van der Waals surface area contributed by atoms with Crippen molar-refractivity contribution in [3.8, 4) is 0 Å². The number of halogens is 4. The number of hydrogen-bond donors (Lipinski definition) is 1. The van der Waals surface area contributed by atoms with Crippen LogP contribution in [0.1, 0.15) is 17.5 Å². The number of benzene rings is 1. The number of hydrogen-bond acceptors (Lipinski definition) is 6. The molecule has 0 amide bonds. The van der Waals surface area contributed by atoms with Crippen LogP contribution in [-0.2, 0) is 40.6 Å². The fraction of sp³-hybridized carbons (Fsp3) is 0.400. The first-order valence-electron chi connectivity index (χ1n) is 7.22. The average Bonchev–Trinajstić information content (AvgIpc) is 3.08. The summed E-state index contributed by atoms with van der Waals surface area (Å²) in [6, 6.07) is 3.76. The number of aromatic nitrogens is 2. The Labute approximate surface area is 178 Å². The van der Waals surface area contributed by atoms with Crippen LogP contribution in [0.4, 0.5) is 0 Å². The van der Waals surface area contributed by atoms with Crippen molar-refractivity contribution in [2.45, 2.75) is 18.7 Å². The molecule has 152 valence electrons. The lowest BCUT2D eigenvalue weighted by atomic mass is 9.92. The van der Waals surface area contributed by atoms with Gasteiger partial charge in [-0.15, -0.1) is 24.0 Å². The number of ether oxygens (including phenoxy) is 2. The van der Waals surface area contributed by atoms with E-state index in [1.165, 1.54) is 14.2 Å². The molecule has 27 heavy (non-hydrogen) atoms. The molecule has 0 unspecified atom stereocenters. The third-order valence-corrected chi connectivity index (χ3v) is 3.88. The molecule has 0 aliphatic heterocycles. The molecule has 1 atom stereocenters. The van der Waals surface area contributed by atoms with Crippen molar-refractivity contribution >= 4 is 77.4 Å². The van der Waals surface area contributed by atoms with E-state index < -0.39 is 27.1 Å². The number of nitrogens with one attached hydrogen (secondary N) is 1. The van der Waals surface area contributed by atoms with Gasteiger partial charge in [0.2, 0.25) is 9.23 Å². The Morgan fingerprint density at radius 1 is 1.26 bits per heavy atom. The molecule has 12 heteroatoms. The molecule has 0 bridgehead atoms. The van der Waals surface area contributed by atoms with Gasteiger partial charge >= 0.3 is 11.9 Å². The SMILES string of the molecule is COC(=O)C[C@H](Cc1ccc2[nH]ncc2c1CCl)C(=O)OC.Cl.O=S(Cl)Cl. The van der Waals surface area contributed by atoms with Gasteiger partial charge in [-0.1, -0.05) is 6.07 Å². The lowest BCUT2D eigenvalue weighted by Gasteiger charge is -2.16. The minimum absolute atomic E-state index is 0. The van der Waals surface area contributed by atoms with Gasteiger partial charge < -0.3 is 9.47 Å². The number of H-pyrrole nitrogens is 1. The number of carbonyl (C=O) groups is 2. The third-order valence-electron chi connectivity index (χ3n) is 3.61. The second kappa shape index (κ2) is 13.2. The first kappa shape index (κ1) is 25.9. The maximum Gasteiger partial charge on any atom is 0.309 e. The van der Waals surface area contributed by atoms with Crippen molar-refractivity contribution in [2.75, 3.05) is 14.2 Å². The summed E-state index contributed by atoms with van der Waals surface area (Å²) in [7, 11) is 9.95. The largest absolute Gasteiger partial charge is 0.469 e. The van der Waals surface area contributed by atoms with E-state index in [-0.39, 0.29) is 18.8 Å². The molecule has 0 radical (unpaired) electrons. The molecule has 7 nitrogen and oxygen atoms in total. The number of rotatable bonds is 6. The Morgan fingerprint density at radius 2 is 1.89 bits per heavy atom. The number of alkyl halides is 1. The zero-order chi connectivity index (χ0) is 19.7. The highest BCUT2D eigenvalue weighted by Crippen LogP contribution is 2.26. The smallest absolute Gasteiger partial charge is 0.309 e. The van der Waals surface area contributed by atoms with Gasteiger partial charge in [0.1, 0.15) is 0 Å². The Morgan fingerprint density at radius 3 is 2.41 bits per heavy atom. The van der Waals surface area contributed by atoms with Crippen molar-refractivity contribution in [3.63, 3.8) is 0 Å². The second-order valence-electron chi connectivity index (χ2n) is 5.06. The quantitative estimate of drug-likeness (QED) is 0.385. The lowest BCUT2D eigenvalue weighted by Crippen LogP contribution is -2.23. The predicted molar refractivity (Wildman–Crippen MR) is 109 cm³/mol. The molecule has 0 aliphatic carbocycles. The Balaban J connectivity index is 0.00000123. The highest BCUT2D eigenvalue weighted by atomic mass is 36.0. The summed E-state index contributed by atoms with van der Waals surface area (Å²) in [5, 5.41) is 7.78. The van der Waals surface area contributed by atoms with Crippen LogP contribution < -0.4 is 0 Å². The molecule has 0 spiro atoms. The Kier molecular flexibility index (Phi) is 12.7. The average molecular weight is 480 g/mol. The number of nitrogens with zero attached hydrogens (tertiary/aromatic N) is 1. The highest BCUT2D eigenvalue weighted by Gasteiger charge is 2.25. The molecule has 1 aromatic carbocycles. The summed E-state index contributed by atoms with van der Waals surface area (Å²) >= 11 is 6.05. The molecule has 0 saturated carbocycles. The maximum atomic E-state index is 11.9. The standard InChI is InChI=1S/C15H17ClN2O4.Cl2OS.ClH/c1-21-14(19)6-10(15(20)22-2)5-9-3-4-13-12(8-17-18-13)11(9)7-16;1-4(2)3;/h3-4,8,10H,5-7H2,1-2H3,(H,17,18);;1H/t10-;;/m0../s1. The van der Waals surface area contributed by atoms with Crippen LogP contribution in [0.5, 0.6) is 0 Å². The summed E-state index contributed by atoms with van der Waals surface area (Å²) in [5.41, 5.74) is 2.66. The molecule has 1 N–H and O–H groups in total. The van der Waals surface area contributed by atoms with Gasteiger partial charge in [0.05, 0.1) is 38.3 Å². The molecule has 0 saturated heterocycles. The van der Waals surface area contributed by atoms with Crippen molar-refractivity contribution in [1.29, 1.82) is 0 Å². The van der Waals surface area contributed by atoms with Crippen LogP contribution in [0.25, 0.3) is 10.9 Å². The maximum absolute atomic E-state index is 11.9. The second-order valence-corrected chi connectivity index (χ2v) is 7.85. The number of fused-ring (bicyclic) bond motifs is 1. The monoisotopic (exact) mass is 478 g/mol. The number of esters is 2. The Hall–Kier alpha value is -1.06. The minimum Gasteiger partial charge on any atom is -0.469 e. The zero-order valence-electron chi connectivity index (χ0n) is 14.4. The molecular weight excluding hydrogens is 462 g/mol. The molecule has 0 fully saturated rings. The molecule has 1 heterocycles. The third kappa shape index (κ3) is 8.23.